The van der Waals surface area contributed by atoms with Gasteiger partial charge in [0, 0.05) is 15.4 Å². The van der Waals surface area contributed by atoms with Crippen LogP contribution in [-0.2, 0) is 5.41 Å². The summed E-state index contributed by atoms with van der Waals surface area (Å²) in [4.78, 5) is 0. The van der Waals surface area contributed by atoms with Gasteiger partial charge in [-0.15, -0.1) is 0 Å². The van der Waals surface area contributed by atoms with Gasteiger partial charge in [-0.1, -0.05) is 22.0 Å². The number of methoxy groups -OCH3 is 1. The van der Waals surface area contributed by atoms with Crippen molar-refractivity contribution in [1.82, 2.24) is 0 Å². The highest BCUT2D eigenvalue weighted by Crippen LogP contribution is 2.56. The number of hydrogen-bond acceptors (Lipinski definition) is 2. The molecule has 0 atom stereocenters. The third kappa shape index (κ3) is 1.76. The smallest absolute Gasteiger partial charge is 0.120 e. The normalized spacial score (nSPS) is 18.3. The zero-order valence-electron chi connectivity index (χ0n) is 10.0. The molecule has 2 rings (SSSR count). The molecule has 1 aliphatic rings. The monoisotopic (exact) mass is 283 g/mol. The highest BCUT2D eigenvalue weighted by molar-refractivity contribution is 9.10. The Morgan fingerprint density at radius 3 is 2.38 bits per heavy atom. The van der Waals surface area contributed by atoms with E-state index < -0.39 is 0 Å². The molecule has 0 unspecified atom stereocenters. The number of nitrogens with two attached hydrogens (primary N) is 1. The van der Waals surface area contributed by atoms with E-state index in [1.54, 1.807) is 7.11 Å². The molecular weight excluding hydrogens is 266 g/mol. The fourth-order valence-corrected chi connectivity index (χ4v) is 3.13. The van der Waals surface area contributed by atoms with Crippen molar-refractivity contribution in [2.75, 3.05) is 7.11 Å². The summed E-state index contributed by atoms with van der Waals surface area (Å²) in [7, 11) is 1.68. The lowest BCUT2D eigenvalue weighted by Crippen LogP contribution is -2.45. The zero-order valence-corrected chi connectivity index (χ0v) is 11.6. The van der Waals surface area contributed by atoms with E-state index in [0.29, 0.717) is 0 Å². The van der Waals surface area contributed by atoms with Crippen LogP contribution >= 0.6 is 15.9 Å². The minimum Gasteiger partial charge on any atom is -0.497 e. The lowest BCUT2D eigenvalue weighted by molar-refractivity contribution is 0.388. The summed E-state index contributed by atoms with van der Waals surface area (Å²) in [6.07, 6.45) is 2.34. The van der Waals surface area contributed by atoms with Gasteiger partial charge >= 0.3 is 0 Å². The van der Waals surface area contributed by atoms with Crippen LogP contribution in [0.2, 0.25) is 0 Å². The SMILES string of the molecule is COc1ccc(C2(C(C)(C)N)CC2)c(Br)c1. The number of halogens is 1. The topological polar surface area (TPSA) is 35.2 Å². The molecule has 88 valence electrons. The Balaban J connectivity index is 2.42. The molecule has 0 aliphatic heterocycles. The van der Waals surface area contributed by atoms with E-state index in [0.717, 1.165) is 10.2 Å². The maximum atomic E-state index is 6.30. The molecule has 0 saturated heterocycles. The largest absolute Gasteiger partial charge is 0.497 e. The Hall–Kier alpha value is -0.540. The minimum absolute atomic E-state index is 0.137. The average molecular weight is 284 g/mol. The zero-order chi connectivity index (χ0) is 12.0. The first-order valence-electron chi connectivity index (χ1n) is 5.54. The van der Waals surface area contributed by atoms with Gasteiger partial charge in [0.2, 0.25) is 0 Å². The molecule has 3 heteroatoms. The molecule has 1 saturated carbocycles. The van der Waals surface area contributed by atoms with E-state index in [1.807, 2.05) is 12.1 Å². The van der Waals surface area contributed by atoms with Crippen molar-refractivity contribution >= 4 is 15.9 Å². The summed E-state index contributed by atoms with van der Waals surface area (Å²) in [5.74, 6) is 0.876. The first kappa shape index (κ1) is 11.9. The number of ether oxygens (including phenoxy) is 1. The molecule has 2 nitrogen and oxygen atoms in total. The van der Waals surface area contributed by atoms with Gasteiger partial charge in [0.15, 0.2) is 0 Å². The Labute approximate surface area is 105 Å². The number of hydrogen-bond donors (Lipinski definition) is 1. The first-order valence-corrected chi connectivity index (χ1v) is 6.33. The molecular formula is C13H18BrNO. The van der Waals surface area contributed by atoms with Crippen LogP contribution in [0.4, 0.5) is 0 Å². The van der Waals surface area contributed by atoms with E-state index in [9.17, 15) is 0 Å². The molecule has 0 spiro atoms. The maximum Gasteiger partial charge on any atom is 0.120 e. The van der Waals surface area contributed by atoms with Crippen LogP contribution in [0, 0.1) is 0 Å². The molecule has 16 heavy (non-hydrogen) atoms. The van der Waals surface area contributed by atoms with Crippen molar-refractivity contribution in [1.29, 1.82) is 0 Å². The van der Waals surface area contributed by atoms with E-state index >= 15 is 0 Å². The summed E-state index contributed by atoms with van der Waals surface area (Å²) in [5.41, 5.74) is 7.56. The standard InChI is InChI=1S/C13H18BrNO/c1-12(2,15)13(6-7-13)10-5-4-9(16-3)8-11(10)14/h4-5,8H,6-7,15H2,1-3H3. The van der Waals surface area contributed by atoms with Gasteiger partial charge in [-0.2, -0.15) is 0 Å². The molecule has 0 aromatic heterocycles. The van der Waals surface area contributed by atoms with Crippen LogP contribution in [0.25, 0.3) is 0 Å². The molecule has 0 amide bonds. The second-order valence-electron chi connectivity index (χ2n) is 5.15. The van der Waals surface area contributed by atoms with Gasteiger partial charge in [-0.25, -0.2) is 0 Å². The van der Waals surface area contributed by atoms with Crippen molar-refractivity contribution in [2.45, 2.75) is 37.6 Å². The highest BCUT2D eigenvalue weighted by Gasteiger charge is 2.54. The molecule has 0 heterocycles. The van der Waals surface area contributed by atoms with Crippen molar-refractivity contribution in [2.24, 2.45) is 5.73 Å². The quantitative estimate of drug-likeness (QED) is 0.925. The van der Waals surface area contributed by atoms with Crippen LogP contribution in [0.5, 0.6) is 5.75 Å². The van der Waals surface area contributed by atoms with Gasteiger partial charge in [0.25, 0.3) is 0 Å². The predicted molar refractivity (Wildman–Crippen MR) is 69.9 cm³/mol. The summed E-state index contributed by atoms with van der Waals surface area (Å²) in [6.45, 7) is 4.22. The Bertz CT molecular complexity index is 405. The molecule has 0 bridgehead atoms. The number of rotatable bonds is 3. The minimum atomic E-state index is -0.176. The van der Waals surface area contributed by atoms with Gasteiger partial charge in [-0.05, 0) is 44.4 Å². The fraction of sp³-hybridized carbons (Fsp3) is 0.538. The number of benzene rings is 1. The maximum absolute atomic E-state index is 6.30. The van der Waals surface area contributed by atoms with Gasteiger partial charge in [-0.3, -0.25) is 0 Å². The van der Waals surface area contributed by atoms with Crippen molar-refractivity contribution in [3.63, 3.8) is 0 Å². The average Bonchev–Trinajstić information content (AvgIpc) is 2.97. The Morgan fingerprint density at radius 2 is 2.00 bits per heavy atom. The van der Waals surface area contributed by atoms with Crippen LogP contribution in [0.15, 0.2) is 22.7 Å². The van der Waals surface area contributed by atoms with Crippen LogP contribution in [0.3, 0.4) is 0 Å². The summed E-state index contributed by atoms with van der Waals surface area (Å²) in [6, 6.07) is 6.15. The van der Waals surface area contributed by atoms with Crippen molar-refractivity contribution in [3.8, 4) is 5.75 Å². The lowest BCUT2D eigenvalue weighted by Gasteiger charge is -2.32. The van der Waals surface area contributed by atoms with Gasteiger partial charge in [0.1, 0.15) is 5.75 Å². The van der Waals surface area contributed by atoms with Crippen molar-refractivity contribution < 1.29 is 4.74 Å². The molecule has 1 fully saturated rings. The van der Waals surface area contributed by atoms with E-state index in [1.165, 1.54) is 18.4 Å². The molecule has 1 aromatic rings. The van der Waals surface area contributed by atoms with Gasteiger partial charge < -0.3 is 10.5 Å². The summed E-state index contributed by atoms with van der Waals surface area (Å²) in [5, 5.41) is 0. The van der Waals surface area contributed by atoms with Crippen molar-refractivity contribution in [3.05, 3.63) is 28.2 Å². The van der Waals surface area contributed by atoms with Gasteiger partial charge in [0.05, 0.1) is 7.11 Å². The van der Waals surface area contributed by atoms with Crippen LogP contribution in [-0.4, -0.2) is 12.6 Å². The highest BCUT2D eigenvalue weighted by atomic mass is 79.9. The van der Waals surface area contributed by atoms with E-state index in [4.69, 9.17) is 10.5 Å². The van der Waals surface area contributed by atoms with E-state index in [-0.39, 0.29) is 11.0 Å². The third-order valence-corrected chi connectivity index (χ3v) is 4.33. The summed E-state index contributed by atoms with van der Waals surface area (Å²) < 4.78 is 6.31. The van der Waals surface area contributed by atoms with Crippen LogP contribution in [0.1, 0.15) is 32.3 Å². The Kier molecular flexibility index (Phi) is 2.79. The second kappa shape index (κ2) is 3.74. The molecule has 0 radical (unpaired) electrons. The summed E-state index contributed by atoms with van der Waals surface area (Å²) >= 11 is 3.62. The Morgan fingerprint density at radius 1 is 1.38 bits per heavy atom. The predicted octanol–water partition coefficient (Wildman–Crippen LogP) is 3.23. The first-order chi connectivity index (χ1) is 7.40. The molecule has 1 aliphatic carbocycles. The fourth-order valence-electron chi connectivity index (χ4n) is 2.40. The van der Waals surface area contributed by atoms with E-state index in [2.05, 4.69) is 35.8 Å². The lowest BCUT2D eigenvalue weighted by atomic mass is 9.79. The molecule has 2 N–H and O–H groups in total. The molecule has 1 aromatic carbocycles. The van der Waals surface area contributed by atoms with Crippen LogP contribution < -0.4 is 10.5 Å². The second-order valence-corrected chi connectivity index (χ2v) is 6.00. The third-order valence-electron chi connectivity index (χ3n) is 3.68.